The average Bonchev–Trinajstić information content (AvgIpc) is 2.75. The Hall–Kier alpha value is -3.66. The molecule has 0 spiro atoms. The van der Waals surface area contributed by atoms with E-state index in [1.165, 1.54) is 48.5 Å². The van der Waals surface area contributed by atoms with Gasteiger partial charge in [0, 0.05) is 22.3 Å². The van der Waals surface area contributed by atoms with E-state index < -0.39 is 11.6 Å². The highest BCUT2D eigenvalue weighted by molar-refractivity contribution is 6.23. The normalized spacial score (nSPS) is 11.0. The number of benzene rings is 4. The summed E-state index contributed by atoms with van der Waals surface area (Å²) in [7, 11) is 0. The summed E-state index contributed by atoms with van der Waals surface area (Å²) < 4.78 is 26.7. The highest BCUT2D eigenvalue weighted by Crippen LogP contribution is 2.32. The van der Waals surface area contributed by atoms with Crippen LogP contribution >= 0.6 is 0 Å². The van der Waals surface area contributed by atoms with Gasteiger partial charge in [0.05, 0.1) is 0 Å². The zero-order valence-corrected chi connectivity index (χ0v) is 17.4. The van der Waals surface area contributed by atoms with Crippen molar-refractivity contribution in [3.05, 3.63) is 117 Å². The van der Waals surface area contributed by atoms with Gasteiger partial charge >= 0.3 is 0 Å². The molecular formula is C27H20F2O2. The molecule has 4 aromatic rings. The van der Waals surface area contributed by atoms with E-state index in [1.54, 1.807) is 0 Å². The Labute approximate surface area is 179 Å². The van der Waals surface area contributed by atoms with Gasteiger partial charge < -0.3 is 0 Å². The van der Waals surface area contributed by atoms with Crippen LogP contribution in [-0.4, -0.2) is 11.6 Å². The van der Waals surface area contributed by atoms with Crippen LogP contribution in [0.5, 0.6) is 0 Å². The molecule has 0 saturated carbocycles. The van der Waals surface area contributed by atoms with Gasteiger partial charge in [-0.1, -0.05) is 18.2 Å². The second kappa shape index (κ2) is 7.88. The summed E-state index contributed by atoms with van der Waals surface area (Å²) in [6, 6.07) is 16.4. The van der Waals surface area contributed by atoms with Crippen molar-refractivity contribution in [1.29, 1.82) is 0 Å². The fraction of sp³-hybridized carbons (Fsp3) is 0.111. The number of halogens is 2. The highest BCUT2D eigenvalue weighted by Gasteiger charge is 2.22. The van der Waals surface area contributed by atoms with Gasteiger partial charge in [0.25, 0.3) is 0 Å². The Bertz CT molecular complexity index is 1340. The minimum atomic E-state index is -0.412. The minimum Gasteiger partial charge on any atom is -0.289 e. The number of carbonyl (C=O) groups excluding carboxylic acids is 2. The van der Waals surface area contributed by atoms with Gasteiger partial charge in [0.1, 0.15) is 11.6 Å². The van der Waals surface area contributed by atoms with E-state index in [-0.39, 0.29) is 11.6 Å². The van der Waals surface area contributed by atoms with Crippen molar-refractivity contribution in [3.63, 3.8) is 0 Å². The molecule has 0 fully saturated rings. The third-order valence-corrected chi connectivity index (χ3v) is 5.72. The summed E-state index contributed by atoms with van der Waals surface area (Å²) >= 11 is 0. The molecule has 154 valence electrons. The predicted octanol–water partition coefficient (Wildman–Crippen LogP) is 6.51. The third kappa shape index (κ3) is 3.66. The summed E-state index contributed by atoms with van der Waals surface area (Å²) in [5.74, 6) is -1.28. The average molecular weight is 414 g/mol. The van der Waals surface area contributed by atoms with Crippen molar-refractivity contribution in [1.82, 2.24) is 0 Å². The lowest BCUT2D eigenvalue weighted by Crippen LogP contribution is -2.10. The SMILES string of the molecule is Cc1cc2c(C(=O)c3ccc(F)cc3)c(C)ccc2c(C(=O)c2ccc(F)cc2)c1C. The maximum atomic E-state index is 13.4. The maximum Gasteiger partial charge on any atom is 0.193 e. The van der Waals surface area contributed by atoms with Crippen molar-refractivity contribution in [2.75, 3.05) is 0 Å². The van der Waals surface area contributed by atoms with Crippen molar-refractivity contribution < 1.29 is 18.4 Å². The lowest BCUT2D eigenvalue weighted by atomic mass is 9.86. The van der Waals surface area contributed by atoms with Crippen LogP contribution in [0.25, 0.3) is 10.8 Å². The van der Waals surface area contributed by atoms with E-state index in [0.29, 0.717) is 33.0 Å². The number of carbonyl (C=O) groups is 2. The second-order valence-electron chi connectivity index (χ2n) is 7.72. The molecule has 4 rings (SSSR count). The molecule has 0 aromatic heterocycles. The highest BCUT2D eigenvalue weighted by atomic mass is 19.1. The number of hydrogen-bond donors (Lipinski definition) is 0. The van der Waals surface area contributed by atoms with Crippen LogP contribution in [0.15, 0.2) is 66.7 Å². The smallest absolute Gasteiger partial charge is 0.193 e. The molecule has 4 heteroatoms. The first-order valence-corrected chi connectivity index (χ1v) is 9.92. The summed E-state index contributed by atoms with van der Waals surface area (Å²) in [6.07, 6.45) is 0. The van der Waals surface area contributed by atoms with Gasteiger partial charge in [0.15, 0.2) is 11.6 Å². The van der Waals surface area contributed by atoms with Crippen LogP contribution < -0.4 is 0 Å². The molecule has 0 radical (unpaired) electrons. The molecular weight excluding hydrogens is 394 g/mol. The Morgan fingerprint density at radius 1 is 0.581 bits per heavy atom. The number of rotatable bonds is 4. The second-order valence-corrected chi connectivity index (χ2v) is 7.72. The van der Waals surface area contributed by atoms with Crippen molar-refractivity contribution in [3.8, 4) is 0 Å². The lowest BCUT2D eigenvalue weighted by molar-refractivity contribution is 0.103. The summed E-state index contributed by atoms with van der Waals surface area (Å²) in [6.45, 7) is 5.60. The zero-order chi connectivity index (χ0) is 22.3. The first kappa shape index (κ1) is 20.6. The van der Waals surface area contributed by atoms with E-state index in [9.17, 15) is 18.4 Å². The van der Waals surface area contributed by atoms with Crippen LogP contribution in [-0.2, 0) is 0 Å². The van der Waals surface area contributed by atoms with Crippen LogP contribution in [0.3, 0.4) is 0 Å². The number of ketones is 2. The summed E-state index contributed by atoms with van der Waals surface area (Å²) in [4.78, 5) is 26.7. The van der Waals surface area contributed by atoms with Gasteiger partial charge in [-0.3, -0.25) is 9.59 Å². The monoisotopic (exact) mass is 414 g/mol. The van der Waals surface area contributed by atoms with E-state index in [0.717, 1.165) is 16.7 Å². The Morgan fingerprint density at radius 3 is 1.58 bits per heavy atom. The molecule has 0 aliphatic rings. The summed E-state index contributed by atoms with van der Waals surface area (Å²) in [5.41, 5.74) is 4.19. The van der Waals surface area contributed by atoms with E-state index in [1.807, 2.05) is 39.0 Å². The van der Waals surface area contributed by atoms with Gasteiger partial charge in [-0.15, -0.1) is 0 Å². The fourth-order valence-electron chi connectivity index (χ4n) is 3.91. The molecule has 0 atom stereocenters. The molecule has 0 heterocycles. The molecule has 31 heavy (non-hydrogen) atoms. The van der Waals surface area contributed by atoms with Gasteiger partial charge in [-0.2, -0.15) is 0 Å². The first-order valence-electron chi connectivity index (χ1n) is 9.92. The predicted molar refractivity (Wildman–Crippen MR) is 118 cm³/mol. The largest absolute Gasteiger partial charge is 0.289 e. The number of fused-ring (bicyclic) bond motifs is 1. The Kier molecular flexibility index (Phi) is 5.24. The molecule has 2 nitrogen and oxygen atoms in total. The lowest BCUT2D eigenvalue weighted by Gasteiger charge is -2.17. The van der Waals surface area contributed by atoms with Crippen LogP contribution in [0.2, 0.25) is 0 Å². The van der Waals surface area contributed by atoms with Crippen LogP contribution in [0, 0.1) is 32.4 Å². The molecule has 0 aliphatic carbocycles. The van der Waals surface area contributed by atoms with Crippen LogP contribution in [0.4, 0.5) is 8.78 Å². The minimum absolute atomic E-state index is 0.227. The maximum absolute atomic E-state index is 13.4. The number of aryl methyl sites for hydroxylation is 2. The van der Waals surface area contributed by atoms with Crippen molar-refractivity contribution in [2.45, 2.75) is 20.8 Å². The molecule has 0 N–H and O–H groups in total. The Balaban J connectivity index is 1.97. The van der Waals surface area contributed by atoms with Gasteiger partial charge in [-0.25, -0.2) is 8.78 Å². The summed E-state index contributed by atoms with van der Waals surface area (Å²) in [5, 5.41) is 1.33. The topological polar surface area (TPSA) is 34.1 Å². The molecule has 4 aromatic carbocycles. The standard InChI is InChI=1S/C27H20F2O2/c1-15-4-13-22-23(24(15)26(30)18-5-9-20(28)10-6-18)14-16(2)17(3)25(22)27(31)19-7-11-21(29)12-8-19/h4-14H,1-3H3. The molecule has 0 unspecified atom stereocenters. The third-order valence-electron chi connectivity index (χ3n) is 5.72. The number of hydrogen-bond acceptors (Lipinski definition) is 2. The Morgan fingerprint density at radius 2 is 1.06 bits per heavy atom. The molecule has 0 amide bonds. The fourth-order valence-corrected chi connectivity index (χ4v) is 3.91. The molecule has 0 saturated heterocycles. The van der Waals surface area contributed by atoms with E-state index >= 15 is 0 Å². The van der Waals surface area contributed by atoms with Gasteiger partial charge in [0.2, 0.25) is 0 Å². The van der Waals surface area contributed by atoms with Crippen molar-refractivity contribution in [2.24, 2.45) is 0 Å². The molecule has 0 aliphatic heterocycles. The van der Waals surface area contributed by atoms with Crippen LogP contribution in [0.1, 0.15) is 48.5 Å². The van der Waals surface area contributed by atoms with E-state index in [2.05, 4.69) is 0 Å². The quantitative estimate of drug-likeness (QED) is 0.357. The van der Waals surface area contributed by atoms with Crippen molar-refractivity contribution >= 4 is 22.3 Å². The zero-order valence-electron chi connectivity index (χ0n) is 17.4. The van der Waals surface area contributed by atoms with E-state index in [4.69, 9.17) is 0 Å². The first-order chi connectivity index (χ1) is 14.8. The van der Waals surface area contributed by atoms with Gasteiger partial charge in [-0.05, 0) is 96.8 Å². The molecule has 0 bridgehead atoms.